The highest BCUT2D eigenvalue weighted by molar-refractivity contribution is 5.89. The normalized spacial score (nSPS) is 20.8. The minimum absolute atomic E-state index is 0.166. The van der Waals surface area contributed by atoms with E-state index in [9.17, 15) is 4.79 Å². The van der Waals surface area contributed by atoms with E-state index in [4.69, 9.17) is 5.21 Å². The van der Waals surface area contributed by atoms with Gasteiger partial charge in [-0.15, -0.1) is 0 Å². The van der Waals surface area contributed by atoms with E-state index in [0.717, 1.165) is 23.3 Å². The van der Waals surface area contributed by atoms with E-state index in [2.05, 4.69) is 30.3 Å². The van der Waals surface area contributed by atoms with Crippen molar-refractivity contribution in [2.24, 2.45) is 11.1 Å². The van der Waals surface area contributed by atoms with Crippen molar-refractivity contribution in [3.63, 3.8) is 0 Å². The van der Waals surface area contributed by atoms with Crippen LogP contribution in [0, 0.1) is 19.8 Å². The summed E-state index contributed by atoms with van der Waals surface area (Å²) in [6, 6.07) is 6.23. The summed E-state index contributed by atoms with van der Waals surface area (Å²) >= 11 is 0. The molecule has 0 aromatic heterocycles. The summed E-state index contributed by atoms with van der Waals surface area (Å²) in [5.41, 5.74) is 4.28. The predicted molar refractivity (Wildman–Crippen MR) is 83.8 cm³/mol. The fraction of sp³-hybridized carbons (Fsp3) is 0.529. The van der Waals surface area contributed by atoms with E-state index in [-0.39, 0.29) is 11.8 Å². The fourth-order valence-electron chi connectivity index (χ4n) is 2.90. The van der Waals surface area contributed by atoms with Crippen molar-refractivity contribution in [1.82, 2.24) is 4.90 Å². The van der Waals surface area contributed by atoms with Gasteiger partial charge in [0.05, 0.1) is 12.1 Å². The van der Waals surface area contributed by atoms with E-state index in [1.165, 1.54) is 5.56 Å². The molecule has 1 amide bonds. The van der Waals surface area contributed by atoms with Crippen LogP contribution in [0.25, 0.3) is 0 Å². The molecule has 4 nitrogen and oxygen atoms in total. The monoisotopic (exact) mass is 288 g/mol. The van der Waals surface area contributed by atoms with Gasteiger partial charge < -0.3 is 10.1 Å². The van der Waals surface area contributed by atoms with Crippen LogP contribution in [0.4, 0.5) is 0 Å². The van der Waals surface area contributed by atoms with Gasteiger partial charge in [0.15, 0.2) is 0 Å². The molecule has 1 aromatic carbocycles. The molecule has 0 bridgehead atoms. The molecule has 1 saturated heterocycles. The zero-order valence-corrected chi connectivity index (χ0v) is 13.1. The number of likely N-dealkylation sites (tertiary alicyclic amines) is 1. The van der Waals surface area contributed by atoms with Gasteiger partial charge in [0.2, 0.25) is 5.91 Å². The Morgan fingerprint density at radius 1 is 1.43 bits per heavy atom. The average Bonchev–Trinajstić information content (AvgIpc) is 2.50. The number of hydrogen-bond acceptors (Lipinski definition) is 3. The Bertz CT molecular complexity index is 552. The molecule has 114 valence electrons. The third-order valence-corrected chi connectivity index (χ3v) is 4.37. The molecule has 4 heteroatoms. The first kappa shape index (κ1) is 15.5. The molecule has 1 N–H and O–H groups in total. The molecule has 0 aliphatic carbocycles. The Hall–Kier alpha value is -1.84. The summed E-state index contributed by atoms with van der Waals surface area (Å²) in [7, 11) is 0. The van der Waals surface area contributed by atoms with Crippen LogP contribution >= 0.6 is 0 Å². The summed E-state index contributed by atoms with van der Waals surface area (Å²) in [5.74, 6) is 0.352. The van der Waals surface area contributed by atoms with Crippen molar-refractivity contribution in [1.29, 1.82) is 0 Å². The third-order valence-electron chi connectivity index (χ3n) is 4.37. The van der Waals surface area contributed by atoms with Crippen molar-refractivity contribution >= 4 is 11.6 Å². The SMILES string of the molecule is CCC1CN(C(=O)Cc2cc(C)ccc2C)CC/C1=N\O. The largest absolute Gasteiger partial charge is 0.411 e. The van der Waals surface area contributed by atoms with Gasteiger partial charge in [-0.25, -0.2) is 0 Å². The van der Waals surface area contributed by atoms with Gasteiger partial charge in [-0.3, -0.25) is 4.79 Å². The predicted octanol–water partition coefficient (Wildman–Crippen LogP) is 2.93. The molecule has 1 fully saturated rings. The zero-order chi connectivity index (χ0) is 15.4. The smallest absolute Gasteiger partial charge is 0.227 e. The molecule has 2 rings (SSSR count). The van der Waals surface area contributed by atoms with E-state index in [0.29, 0.717) is 25.9 Å². The molecule has 1 atom stereocenters. The summed E-state index contributed by atoms with van der Waals surface area (Å²) in [6.45, 7) is 7.47. The van der Waals surface area contributed by atoms with E-state index < -0.39 is 0 Å². The van der Waals surface area contributed by atoms with Crippen LogP contribution < -0.4 is 0 Å². The molecule has 1 aliphatic heterocycles. The quantitative estimate of drug-likeness (QED) is 0.687. The minimum Gasteiger partial charge on any atom is -0.411 e. The van der Waals surface area contributed by atoms with Crippen molar-refractivity contribution in [3.05, 3.63) is 34.9 Å². The van der Waals surface area contributed by atoms with Crippen molar-refractivity contribution in [2.75, 3.05) is 13.1 Å². The molecular formula is C17H24N2O2. The van der Waals surface area contributed by atoms with Gasteiger partial charge in [0.25, 0.3) is 0 Å². The van der Waals surface area contributed by atoms with Gasteiger partial charge in [0.1, 0.15) is 0 Å². The zero-order valence-electron chi connectivity index (χ0n) is 13.1. The number of rotatable bonds is 3. The lowest BCUT2D eigenvalue weighted by molar-refractivity contribution is -0.131. The summed E-state index contributed by atoms with van der Waals surface area (Å²) < 4.78 is 0. The summed E-state index contributed by atoms with van der Waals surface area (Å²) in [4.78, 5) is 14.4. The van der Waals surface area contributed by atoms with Crippen molar-refractivity contribution in [3.8, 4) is 0 Å². The van der Waals surface area contributed by atoms with Crippen LogP contribution in [0.5, 0.6) is 0 Å². The fourth-order valence-corrected chi connectivity index (χ4v) is 2.90. The maximum atomic E-state index is 12.5. The number of piperidine rings is 1. The maximum absolute atomic E-state index is 12.5. The Kier molecular flexibility index (Phi) is 4.99. The average molecular weight is 288 g/mol. The lowest BCUT2D eigenvalue weighted by atomic mass is 9.92. The number of benzene rings is 1. The van der Waals surface area contributed by atoms with E-state index >= 15 is 0 Å². The number of oxime groups is 1. The van der Waals surface area contributed by atoms with Gasteiger partial charge in [-0.05, 0) is 31.4 Å². The minimum atomic E-state index is 0.166. The highest BCUT2D eigenvalue weighted by atomic mass is 16.4. The number of hydrogen-bond donors (Lipinski definition) is 1. The number of carbonyl (C=O) groups excluding carboxylic acids is 1. The molecule has 0 radical (unpaired) electrons. The number of aryl methyl sites for hydroxylation is 2. The summed E-state index contributed by atoms with van der Waals surface area (Å²) in [6.07, 6.45) is 2.02. The first-order valence-corrected chi connectivity index (χ1v) is 7.59. The van der Waals surface area contributed by atoms with Gasteiger partial charge in [0, 0.05) is 25.4 Å². The lowest BCUT2D eigenvalue weighted by Crippen LogP contribution is -2.44. The second-order valence-electron chi connectivity index (χ2n) is 5.89. The Morgan fingerprint density at radius 2 is 2.19 bits per heavy atom. The van der Waals surface area contributed by atoms with Gasteiger partial charge in [-0.1, -0.05) is 35.8 Å². The van der Waals surface area contributed by atoms with Crippen LogP contribution in [0.3, 0.4) is 0 Å². The van der Waals surface area contributed by atoms with Crippen LogP contribution in [-0.4, -0.2) is 34.8 Å². The first-order valence-electron chi connectivity index (χ1n) is 7.59. The molecule has 1 unspecified atom stereocenters. The van der Waals surface area contributed by atoms with Gasteiger partial charge in [-0.2, -0.15) is 0 Å². The second-order valence-corrected chi connectivity index (χ2v) is 5.89. The molecule has 0 spiro atoms. The highest BCUT2D eigenvalue weighted by Gasteiger charge is 2.27. The van der Waals surface area contributed by atoms with Crippen molar-refractivity contribution < 1.29 is 10.0 Å². The van der Waals surface area contributed by atoms with Crippen LogP contribution in [0.1, 0.15) is 36.5 Å². The van der Waals surface area contributed by atoms with E-state index in [1.54, 1.807) is 0 Å². The third kappa shape index (κ3) is 3.63. The van der Waals surface area contributed by atoms with Crippen molar-refractivity contribution in [2.45, 2.75) is 40.0 Å². The Balaban J connectivity index is 2.05. The maximum Gasteiger partial charge on any atom is 0.227 e. The lowest BCUT2D eigenvalue weighted by Gasteiger charge is -2.33. The molecule has 0 saturated carbocycles. The molecule has 21 heavy (non-hydrogen) atoms. The molecule has 1 aromatic rings. The first-order chi connectivity index (χ1) is 10.0. The van der Waals surface area contributed by atoms with Crippen LogP contribution in [-0.2, 0) is 11.2 Å². The standard InChI is InChI=1S/C17H24N2O2/c1-4-14-11-19(8-7-16(14)18-21)17(20)10-15-9-12(2)5-6-13(15)3/h5-6,9,14,21H,4,7-8,10-11H2,1-3H3/b18-16+. The number of amides is 1. The van der Waals surface area contributed by atoms with Gasteiger partial charge >= 0.3 is 0 Å². The molecule has 1 heterocycles. The number of nitrogens with zero attached hydrogens (tertiary/aromatic N) is 2. The second kappa shape index (κ2) is 6.74. The van der Waals surface area contributed by atoms with Crippen LogP contribution in [0.15, 0.2) is 23.4 Å². The number of carbonyl (C=O) groups is 1. The van der Waals surface area contributed by atoms with Crippen LogP contribution in [0.2, 0.25) is 0 Å². The van der Waals surface area contributed by atoms with E-state index in [1.807, 2.05) is 18.7 Å². The Morgan fingerprint density at radius 3 is 2.86 bits per heavy atom. The molecule has 1 aliphatic rings. The highest BCUT2D eigenvalue weighted by Crippen LogP contribution is 2.19. The Labute approximate surface area is 126 Å². The summed E-state index contributed by atoms with van der Waals surface area (Å²) in [5, 5.41) is 12.4. The molecular weight excluding hydrogens is 264 g/mol. The topological polar surface area (TPSA) is 52.9 Å².